The Morgan fingerprint density at radius 3 is 2.58 bits per heavy atom. The molecule has 1 atom stereocenters. The minimum atomic E-state index is -0.413. The van der Waals surface area contributed by atoms with Gasteiger partial charge in [0.2, 0.25) is 0 Å². The van der Waals surface area contributed by atoms with E-state index in [1.807, 2.05) is 41.3 Å². The van der Waals surface area contributed by atoms with Crippen LogP contribution in [0.15, 0.2) is 77.3 Å². The van der Waals surface area contributed by atoms with Crippen molar-refractivity contribution in [3.8, 4) is 0 Å². The third-order valence-electron chi connectivity index (χ3n) is 5.79. The molecule has 2 heterocycles. The van der Waals surface area contributed by atoms with E-state index >= 15 is 0 Å². The van der Waals surface area contributed by atoms with Crippen LogP contribution < -0.4 is 0 Å². The predicted octanol–water partition coefficient (Wildman–Crippen LogP) is 5.63. The van der Waals surface area contributed by atoms with Crippen LogP contribution in [-0.4, -0.2) is 27.3 Å². The van der Waals surface area contributed by atoms with Crippen molar-refractivity contribution in [3.63, 3.8) is 0 Å². The molecule has 1 N–H and O–H groups in total. The standard InChI is InChI=1S/C24H18BrN3O3/c25-17-5-3-4-16(14-17)24(29)27-13-12-20-19-6-1-2-7-21(19)26-22(20)23(27)15-8-10-18(11-9-15)28(30)31/h1-11,14,23,26H,12-13H2/t23-/m1/s1. The van der Waals surface area contributed by atoms with Gasteiger partial charge in [-0.15, -0.1) is 0 Å². The van der Waals surface area contributed by atoms with E-state index in [1.54, 1.807) is 18.2 Å². The van der Waals surface area contributed by atoms with Crippen LogP contribution in [0.2, 0.25) is 0 Å². The molecule has 0 aliphatic carbocycles. The lowest BCUT2D eigenvalue weighted by molar-refractivity contribution is -0.384. The van der Waals surface area contributed by atoms with Gasteiger partial charge in [0, 0.05) is 45.3 Å². The van der Waals surface area contributed by atoms with Crippen LogP contribution in [-0.2, 0) is 6.42 Å². The number of benzene rings is 3. The molecule has 5 rings (SSSR count). The molecule has 1 amide bonds. The molecule has 7 heteroatoms. The van der Waals surface area contributed by atoms with Crippen LogP contribution in [0.1, 0.15) is 33.2 Å². The fourth-order valence-electron chi connectivity index (χ4n) is 4.37. The fraction of sp³-hybridized carbons (Fsp3) is 0.125. The summed E-state index contributed by atoms with van der Waals surface area (Å²) in [7, 11) is 0. The zero-order chi connectivity index (χ0) is 21.5. The number of aromatic amines is 1. The average Bonchev–Trinajstić information content (AvgIpc) is 3.17. The molecule has 0 bridgehead atoms. The maximum atomic E-state index is 13.5. The van der Waals surface area contributed by atoms with Gasteiger partial charge in [0.1, 0.15) is 0 Å². The topological polar surface area (TPSA) is 79.2 Å². The van der Waals surface area contributed by atoms with Crippen LogP contribution in [0.5, 0.6) is 0 Å². The molecule has 0 spiro atoms. The summed E-state index contributed by atoms with van der Waals surface area (Å²) in [6, 6.07) is 21.6. The van der Waals surface area contributed by atoms with E-state index in [4.69, 9.17) is 0 Å². The van der Waals surface area contributed by atoms with Crippen molar-refractivity contribution >= 4 is 38.4 Å². The van der Waals surface area contributed by atoms with Crippen molar-refractivity contribution in [2.75, 3.05) is 6.54 Å². The van der Waals surface area contributed by atoms with E-state index < -0.39 is 4.92 Å². The van der Waals surface area contributed by atoms with Gasteiger partial charge in [0.15, 0.2) is 0 Å². The second-order valence-electron chi connectivity index (χ2n) is 7.57. The van der Waals surface area contributed by atoms with Gasteiger partial charge in [-0.3, -0.25) is 14.9 Å². The summed E-state index contributed by atoms with van der Waals surface area (Å²) in [5.74, 6) is -0.0750. The highest BCUT2D eigenvalue weighted by Crippen LogP contribution is 2.39. The summed E-state index contributed by atoms with van der Waals surface area (Å²) in [5, 5.41) is 12.3. The Kier molecular flexibility index (Phi) is 4.82. The summed E-state index contributed by atoms with van der Waals surface area (Å²) < 4.78 is 0.841. The molecule has 31 heavy (non-hydrogen) atoms. The second-order valence-corrected chi connectivity index (χ2v) is 8.49. The van der Waals surface area contributed by atoms with Gasteiger partial charge in [-0.2, -0.15) is 0 Å². The Morgan fingerprint density at radius 1 is 1.06 bits per heavy atom. The monoisotopic (exact) mass is 475 g/mol. The Labute approximate surface area is 186 Å². The molecule has 4 aromatic rings. The lowest BCUT2D eigenvalue weighted by Gasteiger charge is -2.36. The lowest BCUT2D eigenvalue weighted by Crippen LogP contribution is -2.40. The summed E-state index contributed by atoms with van der Waals surface area (Å²) in [4.78, 5) is 29.6. The molecule has 0 radical (unpaired) electrons. The van der Waals surface area contributed by atoms with Gasteiger partial charge in [0.25, 0.3) is 11.6 Å². The van der Waals surface area contributed by atoms with Gasteiger partial charge < -0.3 is 9.88 Å². The maximum Gasteiger partial charge on any atom is 0.269 e. The number of fused-ring (bicyclic) bond motifs is 3. The maximum absolute atomic E-state index is 13.5. The predicted molar refractivity (Wildman–Crippen MR) is 122 cm³/mol. The van der Waals surface area contributed by atoms with Crippen LogP contribution in [0.3, 0.4) is 0 Å². The van der Waals surface area contributed by atoms with E-state index in [0.717, 1.165) is 33.1 Å². The third-order valence-corrected chi connectivity index (χ3v) is 6.28. The zero-order valence-corrected chi connectivity index (χ0v) is 18.0. The summed E-state index contributed by atoms with van der Waals surface area (Å²) in [6.45, 7) is 0.557. The van der Waals surface area contributed by atoms with Crippen LogP contribution in [0, 0.1) is 10.1 Å². The number of amides is 1. The highest BCUT2D eigenvalue weighted by Gasteiger charge is 2.35. The molecule has 0 unspecified atom stereocenters. The molecule has 1 aliphatic heterocycles. The molecular formula is C24H18BrN3O3. The van der Waals surface area contributed by atoms with Gasteiger partial charge in [0.05, 0.1) is 11.0 Å². The number of H-pyrrole nitrogens is 1. The average molecular weight is 476 g/mol. The molecule has 6 nitrogen and oxygen atoms in total. The Morgan fingerprint density at radius 2 is 1.84 bits per heavy atom. The first-order valence-corrected chi connectivity index (χ1v) is 10.7. The van der Waals surface area contributed by atoms with E-state index in [9.17, 15) is 14.9 Å². The number of nitrogens with zero attached hydrogens (tertiary/aromatic N) is 2. The Bertz CT molecular complexity index is 1310. The number of nitro groups is 1. The van der Waals surface area contributed by atoms with Crippen molar-refractivity contribution in [3.05, 3.63) is 110 Å². The first kappa shape index (κ1) is 19.5. The smallest absolute Gasteiger partial charge is 0.269 e. The molecule has 0 saturated carbocycles. The number of hydrogen-bond donors (Lipinski definition) is 1. The van der Waals surface area contributed by atoms with Crippen LogP contribution in [0.25, 0.3) is 10.9 Å². The van der Waals surface area contributed by atoms with Crippen molar-refractivity contribution in [1.82, 2.24) is 9.88 Å². The summed E-state index contributed by atoms with van der Waals surface area (Å²) in [6.07, 6.45) is 0.739. The first-order valence-electron chi connectivity index (χ1n) is 9.93. The lowest BCUT2D eigenvalue weighted by atomic mass is 9.91. The van der Waals surface area contributed by atoms with Crippen molar-refractivity contribution < 1.29 is 9.72 Å². The minimum Gasteiger partial charge on any atom is -0.356 e. The number of carbonyl (C=O) groups is 1. The normalized spacial score (nSPS) is 15.6. The number of halogens is 1. The van der Waals surface area contributed by atoms with Crippen molar-refractivity contribution in [2.24, 2.45) is 0 Å². The molecule has 0 fully saturated rings. The molecule has 154 valence electrons. The van der Waals surface area contributed by atoms with Crippen LogP contribution >= 0.6 is 15.9 Å². The van der Waals surface area contributed by atoms with Gasteiger partial charge in [-0.25, -0.2) is 0 Å². The highest BCUT2D eigenvalue weighted by atomic mass is 79.9. The van der Waals surface area contributed by atoms with E-state index in [0.29, 0.717) is 12.1 Å². The van der Waals surface area contributed by atoms with Crippen molar-refractivity contribution in [1.29, 1.82) is 0 Å². The Balaban J connectivity index is 1.65. The summed E-state index contributed by atoms with van der Waals surface area (Å²) in [5.41, 5.74) is 4.64. The van der Waals surface area contributed by atoms with Gasteiger partial charge in [-0.05, 0) is 53.9 Å². The van der Waals surface area contributed by atoms with E-state index in [2.05, 4.69) is 27.0 Å². The zero-order valence-electron chi connectivity index (χ0n) is 16.4. The molecule has 1 aromatic heterocycles. The van der Waals surface area contributed by atoms with Crippen LogP contribution in [0.4, 0.5) is 5.69 Å². The molecule has 3 aromatic carbocycles. The number of hydrogen-bond acceptors (Lipinski definition) is 3. The summed E-state index contributed by atoms with van der Waals surface area (Å²) >= 11 is 3.44. The van der Waals surface area contributed by atoms with E-state index in [-0.39, 0.29) is 17.6 Å². The molecule has 1 aliphatic rings. The Hall–Kier alpha value is -3.45. The quantitative estimate of drug-likeness (QED) is 0.308. The number of carbonyl (C=O) groups excluding carboxylic acids is 1. The molecular weight excluding hydrogens is 458 g/mol. The number of rotatable bonds is 3. The largest absolute Gasteiger partial charge is 0.356 e. The first-order chi connectivity index (χ1) is 15.0. The molecule has 0 saturated heterocycles. The number of non-ortho nitro benzene ring substituents is 1. The fourth-order valence-corrected chi connectivity index (χ4v) is 4.77. The van der Waals surface area contributed by atoms with E-state index in [1.165, 1.54) is 17.7 Å². The second kappa shape index (κ2) is 7.67. The number of nitro benzene ring substituents is 1. The van der Waals surface area contributed by atoms with Gasteiger partial charge in [-0.1, -0.05) is 40.2 Å². The minimum absolute atomic E-state index is 0.0290. The van der Waals surface area contributed by atoms with Crippen molar-refractivity contribution in [2.45, 2.75) is 12.5 Å². The number of nitrogens with one attached hydrogen (secondary N) is 1. The van der Waals surface area contributed by atoms with Gasteiger partial charge >= 0.3 is 0 Å². The third kappa shape index (κ3) is 3.41. The highest BCUT2D eigenvalue weighted by molar-refractivity contribution is 9.10. The number of aromatic nitrogens is 1. The number of para-hydroxylation sites is 1. The SMILES string of the molecule is O=C(c1cccc(Br)c1)N1CCc2c([nH]c3ccccc23)[C@H]1c1ccc([N+](=O)[O-])cc1.